The average Bonchev–Trinajstić information content (AvgIpc) is 3.10. The molecule has 1 aromatic carbocycles. The first-order valence-corrected chi connectivity index (χ1v) is 7.91. The number of hydrogen-bond donors (Lipinski definition) is 1. The number of alkyl halides is 3. The maximum Gasteiger partial charge on any atom is 0.451 e. The molecule has 0 saturated carbocycles. The fourth-order valence-corrected chi connectivity index (χ4v) is 2.41. The van der Waals surface area contributed by atoms with Crippen LogP contribution in [-0.2, 0) is 12.7 Å². The van der Waals surface area contributed by atoms with Crippen LogP contribution in [0.1, 0.15) is 28.9 Å². The topological polar surface area (TPSA) is 70.5 Å². The van der Waals surface area contributed by atoms with Crippen LogP contribution in [0, 0.1) is 6.92 Å². The van der Waals surface area contributed by atoms with Gasteiger partial charge in [-0.15, -0.1) is 0 Å². The maximum absolute atomic E-state index is 12.4. The molecule has 26 heavy (non-hydrogen) atoms. The third-order valence-electron chi connectivity index (χ3n) is 3.82. The van der Waals surface area contributed by atoms with E-state index in [-0.39, 0.29) is 6.54 Å². The molecular formula is C17H16F3N5O. The van der Waals surface area contributed by atoms with Gasteiger partial charge in [0.1, 0.15) is 0 Å². The van der Waals surface area contributed by atoms with E-state index in [4.69, 9.17) is 0 Å². The zero-order valence-corrected chi connectivity index (χ0v) is 13.9. The summed E-state index contributed by atoms with van der Waals surface area (Å²) in [5, 5.41) is 8.21. The molecule has 3 rings (SSSR count). The summed E-state index contributed by atoms with van der Waals surface area (Å²) in [6.07, 6.45) is -1.86. The highest BCUT2D eigenvalue weighted by Gasteiger charge is 2.34. The molecule has 0 spiro atoms. The first kappa shape index (κ1) is 17.8. The second-order valence-corrected chi connectivity index (χ2v) is 5.86. The second-order valence-electron chi connectivity index (χ2n) is 5.86. The molecular weight excluding hydrogens is 347 g/mol. The maximum atomic E-state index is 12.4. The lowest BCUT2D eigenvalue weighted by atomic mass is 10.1. The normalized spacial score (nSPS) is 14.3. The van der Waals surface area contributed by atoms with Gasteiger partial charge in [0.15, 0.2) is 0 Å². The largest absolute Gasteiger partial charge is 0.451 e. The first-order valence-electron chi connectivity index (χ1n) is 7.91. The van der Waals surface area contributed by atoms with Crippen molar-refractivity contribution in [2.75, 3.05) is 6.54 Å². The van der Waals surface area contributed by atoms with Crippen LogP contribution in [0.15, 0.2) is 41.8 Å². The lowest BCUT2D eigenvalue weighted by Gasteiger charge is -2.12. The third-order valence-corrected chi connectivity index (χ3v) is 3.82. The van der Waals surface area contributed by atoms with Crippen LogP contribution < -0.4 is 5.32 Å². The van der Waals surface area contributed by atoms with E-state index in [2.05, 4.69) is 20.4 Å². The number of halogens is 3. The SMILES string of the molecule is Cc1ccc(C2=NN(C(=O)NCc3cnc(C(F)(F)F)nc3)CC2)cc1. The number of amides is 2. The van der Waals surface area contributed by atoms with Crippen molar-refractivity contribution in [3.8, 4) is 0 Å². The van der Waals surface area contributed by atoms with Gasteiger partial charge in [0.25, 0.3) is 0 Å². The van der Waals surface area contributed by atoms with Crippen molar-refractivity contribution in [2.24, 2.45) is 5.10 Å². The van der Waals surface area contributed by atoms with Gasteiger partial charge in [-0.3, -0.25) is 0 Å². The number of rotatable bonds is 3. The Bertz CT molecular complexity index is 816. The summed E-state index contributed by atoms with van der Waals surface area (Å²) < 4.78 is 37.3. The Morgan fingerprint density at radius 3 is 2.46 bits per heavy atom. The zero-order chi connectivity index (χ0) is 18.7. The number of aromatic nitrogens is 2. The summed E-state index contributed by atoms with van der Waals surface area (Å²) >= 11 is 0. The molecule has 136 valence electrons. The molecule has 0 unspecified atom stereocenters. The number of nitrogens with one attached hydrogen (secondary N) is 1. The molecule has 1 aliphatic rings. The first-order chi connectivity index (χ1) is 12.3. The van der Waals surface area contributed by atoms with Crippen molar-refractivity contribution >= 4 is 11.7 Å². The van der Waals surface area contributed by atoms with Crippen molar-refractivity contribution < 1.29 is 18.0 Å². The number of hydrazone groups is 1. The van der Waals surface area contributed by atoms with Gasteiger partial charge in [-0.05, 0) is 12.5 Å². The smallest absolute Gasteiger partial charge is 0.332 e. The fourth-order valence-electron chi connectivity index (χ4n) is 2.41. The van der Waals surface area contributed by atoms with E-state index in [1.54, 1.807) is 0 Å². The molecule has 6 nitrogen and oxygen atoms in total. The monoisotopic (exact) mass is 363 g/mol. The van der Waals surface area contributed by atoms with Gasteiger partial charge in [-0.1, -0.05) is 29.8 Å². The highest BCUT2D eigenvalue weighted by molar-refractivity contribution is 6.02. The Labute approximate surface area is 147 Å². The van der Waals surface area contributed by atoms with Crippen LogP contribution in [-0.4, -0.2) is 33.3 Å². The van der Waals surface area contributed by atoms with Crippen LogP contribution in [0.5, 0.6) is 0 Å². The number of carbonyl (C=O) groups excluding carboxylic acids is 1. The van der Waals surface area contributed by atoms with Crippen molar-refractivity contribution in [2.45, 2.75) is 26.1 Å². The van der Waals surface area contributed by atoms with E-state index in [1.165, 1.54) is 5.01 Å². The average molecular weight is 363 g/mol. The summed E-state index contributed by atoms with van der Waals surface area (Å²) in [4.78, 5) is 18.7. The molecule has 0 saturated heterocycles. The molecule has 0 fully saturated rings. The highest BCUT2D eigenvalue weighted by Crippen LogP contribution is 2.25. The number of urea groups is 1. The molecule has 2 aromatic rings. The van der Waals surface area contributed by atoms with Crippen molar-refractivity contribution in [3.05, 3.63) is 59.2 Å². The molecule has 0 aliphatic carbocycles. The van der Waals surface area contributed by atoms with E-state index in [9.17, 15) is 18.0 Å². The Morgan fingerprint density at radius 1 is 1.19 bits per heavy atom. The summed E-state index contributed by atoms with van der Waals surface area (Å²) in [5.74, 6) is -1.21. The number of aryl methyl sites for hydroxylation is 1. The van der Waals surface area contributed by atoms with Gasteiger partial charge in [-0.2, -0.15) is 18.3 Å². The van der Waals surface area contributed by atoms with Crippen LogP contribution in [0.4, 0.5) is 18.0 Å². The van der Waals surface area contributed by atoms with Crippen molar-refractivity contribution in [1.82, 2.24) is 20.3 Å². The second kappa shape index (κ2) is 7.11. The fraction of sp³-hybridized carbons (Fsp3) is 0.294. The van der Waals surface area contributed by atoms with Crippen LogP contribution in [0.25, 0.3) is 0 Å². The molecule has 9 heteroatoms. The minimum atomic E-state index is -4.58. The van der Waals surface area contributed by atoms with Crippen molar-refractivity contribution in [3.63, 3.8) is 0 Å². The minimum absolute atomic E-state index is 0.0167. The van der Waals surface area contributed by atoms with E-state index in [0.717, 1.165) is 29.2 Å². The molecule has 0 radical (unpaired) electrons. The number of nitrogens with zero attached hydrogens (tertiary/aromatic N) is 4. The van der Waals surface area contributed by atoms with E-state index < -0.39 is 18.0 Å². The Hall–Kier alpha value is -2.97. The predicted octanol–water partition coefficient (Wildman–Crippen LogP) is 3.12. The van der Waals surface area contributed by atoms with Gasteiger partial charge in [0.05, 0.1) is 12.3 Å². The quantitative estimate of drug-likeness (QED) is 0.911. The van der Waals surface area contributed by atoms with Crippen LogP contribution >= 0.6 is 0 Å². The lowest BCUT2D eigenvalue weighted by molar-refractivity contribution is -0.145. The van der Waals surface area contributed by atoms with Crippen LogP contribution in [0.3, 0.4) is 0 Å². The standard InChI is InChI=1S/C17H16F3N5O/c1-11-2-4-13(5-3-11)14-6-7-25(24-14)16(26)23-10-12-8-21-15(22-9-12)17(18,19)20/h2-5,8-9H,6-7,10H2,1H3,(H,23,26). The van der Waals surface area contributed by atoms with Gasteiger partial charge in [0.2, 0.25) is 5.82 Å². The molecule has 0 atom stereocenters. The summed E-state index contributed by atoms with van der Waals surface area (Å²) in [5.41, 5.74) is 3.29. The number of hydrogen-bond acceptors (Lipinski definition) is 4. The van der Waals surface area contributed by atoms with Gasteiger partial charge < -0.3 is 5.32 Å². The molecule has 0 bridgehead atoms. The Kier molecular flexibility index (Phi) is 4.88. The van der Waals surface area contributed by atoms with Crippen LogP contribution in [0.2, 0.25) is 0 Å². The molecule has 2 heterocycles. The number of carbonyl (C=O) groups is 1. The highest BCUT2D eigenvalue weighted by atomic mass is 19.4. The summed E-state index contributed by atoms with van der Waals surface area (Å²) in [6, 6.07) is 7.44. The molecule has 1 aromatic heterocycles. The minimum Gasteiger partial charge on any atom is -0.332 e. The van der Waals surface area contributed by atoms with Crippen molar-refractivity contribution in [1.29, 1.82) is 0 Å². The summed E-state index contributed by atoms with van der Waals surface area (Å²) in [6.45, 7) is 2.45. The Morgan fingerprint density at radius 2 is 1.85 bits per heavy atom. The molecule has 1 aliphatic heterocycles. The third kappa shape index (κ3) is 4.16. The molecule has 1 N–H and O–H groups in total. The van der Waals surface area contributed by atoms with Gasteiger partial charge in [-0.25, -0.2) is 19.8 Å². The lowest BCUT2D eigenvalue weighted by Crippen LogP contribution is -2.34. The van der Waals surface area contributed by atoms with Gasteiger partial charge >= 0.3 is 12.2 Å². The predicted molar refractivity (Wildman–Crippen MR) is 88.3 cm³/mol. The van der Waals surface area contributed by atoms with Gasteiger partial charge in [0, 0.05) is 30.9 Å². The number of benzene rings is 1. The zero-order valence-electron chi connectivity index (χ0n) is 13.9. The summed E-state index contributed by atoms with van der Waals surface area (Å²) in [7, 11) is 0. The molecule has 2 amide bonds. The van der Waals surface area contributed by atoms with E-state index in [1.807, 2.05) is 31.2 Å². The van der Waals surface area contributed by atoms with E-state index >= 15 is 0 Å². The Balaban J connectivity index is 1.58. The van der Waals surface area contributed by atoms with E-state index in [0.29, 0.717) is 18.5 Å².